The Bertz CT molecular complexity index is 315. The maximum Gasteiger partial charge on any atom is 0.321 e. The van der Waals surface area contributed by atoms with E-state index in [1.807, 2.05) is 4.90 Å². The van der Waals surface area contributed by atoms with Crippen LogP contribution in [0.15, 0.2) is 0 Å². The first kappa shape index (κ1) is 12.4. The number of ether oxygens (including phenoxy) is 1. The third-order valence-corrected chi connectivity index (χ3v) is 4.26. The summed E-state index contributed by atoms with van der Waals surface area (Å²) in [5.41, 5.74) is -0.838. The van der Waals surface area contributed by atoms with Crippen molar-refractivity contribution >= 4 is 11.9 Å². The zero-order chi connectivity index (χ0) is 12.5. The average molecular weight is 239 g/mol. The molecule has 2 fully saturated rings. The van der Waals surface area contributed by atoms with Crippen LogP contribution in [0.5, 0.6) is 0 Å². The first-order valence-corrected chi connectivity index (χ1v) is 6.48. The number of rotatable bonds is 2. The molecule has 1 saturated carbocycles. The van der Waals surface area contributed by atoms with Gasteiger partial charge in [0, 0.05) is 13.1 Å². The lowest BCUT2D eigenvalue weighted by molar-refractivity contribution is -0.170. The number of methoxy groups -OCH3 is 1. The molecule has 1 saturated heterocycles. The van der Waals surface area contributed by atoms with Gasteiger partial charge in [-0.2, -0.15) is 0 Å². The van der Waals surface area contributed by atoms with E-state index in [4.69, 9.17) is 4.74 Å². The standard InChI is InChI=1S/C13H21NO3/c1-10-4-8-14(9-5-10)11(15)13(6-3-7-13)12(16)17-2/h10H,3-9H2,1-2H3. The van der Waals surface area contributed by atoms with E-state index in [0.29, 0.717) is 18.8 Å². The van der Waals surface area contributed by atoms with Gasteiger partial charge >= 0.3 is 5.97 Å². The van der Waals surface area contributed by atoms with E-state index in [2.05, 4.69) is 6.92 Å². The highest BCUT2D eigenvalue weighted by molar-refractivity contribution is 6.03. The molecular weight excluding hydrogens is 218 g/mol. The number of hydrogen-bond acceptors (Lipinski definition) is 3. The third-order valence-electron chi connectivity index (χ3n) is 4.26. The lowest BCUT2D eigenvalue weighted by atomic mass is 9.67. The van der Waals surface area contributed by atoms with Gasteiger partial charge in [0.15, 0.2) is 0 Å². The van der Waals surface area contributed by atoms with Crippen LogP contribution < -0.4 is 0 Å². The Kier molecular flexibility index (Phi) is 3.40. The molecular formula is C13H21NO3. The van der Waals surface area contributed by atoms with Crippen LogP contribution in [0.1, 0.15) is 39.0 Å². The summed E-state index contributed by atoms with van der Waals surface area (Å²) in [6.07, 6.45) is 4.35. The average Bonchev–Trinajstić information content (AvgIpc) is 2.28. The van der Waals surface area contributed by atoms with E-state index >= 15 is 0 Å². The second-order valence-corrected chi connectivity index (χ2v) is 5.40. The summed E-state index contributed by atoms with van der Waals surface area (Å²) in [5.74, 6) is 0.351. The Labute approximate surface area is 102 Å². The van der Waals surface area contributed by atoms with Crippen LogP contribution in [0.3, 0.4) is 0 Å². The highest BCUT2D eigenvalue weighted by Gasteiger charge is 2.53. The van der Waals surface area contributed by atoms with Gasteiger partial charge in [0.25, 0.3) is 0 Å². The van der Waals surface area contributed by atoms with Crippen LogP contribution in [-0.4, -0.2) is 37.0 Å². The van der Waals surface area contributed by atoms with Crippen molar-refractivity contribution in [3.63, 3.8) is 0 Å². The second kappa shape index (κ2) is 4.67. The molecule has 0 radical (unpaired) electrons. The van der Waals surface area contributed by atoms with Crippen LogP contribution in [0.25, 0.3) is 0 Å². The normalized spacial score (nSPS) is 24.0. The Morgan fingerprint density at radius 1 is 1.24 bits per heavy atom. The van der Waals surface area contributed by atoms with Crippen LogP contribution in [0, 0.1) is 11.3 Å². The van der Waals surface area contributed by atoms with E-state index < -0.39 is 5.41 Å². The van der Waals surface area contributed by atoms with Gasteiger partial charge in [-0.1, -0.05) is 13.3 Å². The summed E-state index contributed by atoms with van der Waals surface area (Å²) in [6.45, 7) is 3.79. The van der Waals surface area contributed by atoms with Gasteiger partial charge in [-0.25, -0.2) is 0 Å². The molecule has 1 amide bonds. The minimum absolute atomic E-state index is 0.00231. The third kappa shape index (κ3) is 2.05. The maximum atomic E-state index is 12.4. The molecule has 2 rings (SSSR count). The van der Waals surface area contributed by atoms with Gasteiger partial charge in [-0.3, -0.25) is 9.59 Å². The summed E-state index contributed by atoms with van der Waals surface area (Å²) in [4.78, 5) is 26.1. The van der Waals surface area contributed by atoms with Crippen molar-refractivity contribution in [2.45, 2.75) is 39.0 Å². The zero-order valence-corrected chi connectivity index (χ0v) is 10.7. The minimum Gasteiger partial charge on any atom is -0.468 e. The molecule has 0 aromatic carbocycles. The number of esters is 1. The quantitative estimate of drug-likeness (QED) is 0.543. The van der Waals surface area contributed by atoms with E-state index in [0.717, 1.165) is 32.4 Å². The number of carbonyl (C=O) groups is 2. The maximum absolute atomic E-state index is 12.4. The second-order valence-electron chi connectivity index (χ2n) is 5.40. The molecule has 0 unspecified atom stereocenters. The molecule has 0 spiro atoms. The molecule has 0 bridgehead atoms. The molecule has 17 heavy (non-hydrogen) atoms. The largest absolute Gasteiger partial charge is 0.468 e. The molecule has 1 heterocycles. The lowest BCUT2D eigenvalue weighted by Crippen LogP contribution is -2.54. The van der Waals surface area contributed by atoms with Crippen molar-refractivity contribution in [1.29, 1.82) is 0 Å². The highest BCUT2D eigenvalue weighted by Crippen LogP contribution is 2.44. The molecule has 1 aliphatic carbocycles. The van der Waals surface area contributed by atoms with Gasteiger partial charge in [0.05, 0.1) is 7.11 Å². The summed E-state index contributed by atoms with van der Waals surface area (Å²) in [5, 5.41) is 0. The fraction of sp³-hybridized carbons (Fsp3) is 0.846. The number of likely N-dealkylation sites (tertiary alicyclic amines) is 1. The van der Waals surface area contributed by atoms with Crippen LogP contribution in [0.2, 0.25) is 0 Å². The molecule has 4 nitrogen and oxygen atoms in total. The smallest absolute Gasteiger partial charge is 0.321 e. The van der Waals surface area contributed by atoms with E-state index in [-0.39, 0.29) is 11.9 Å². The van der Waals surface area contributed by atoms with Gasteiger partial charge in [0.2, 0.25) is 5.91 Å². The van der Waals surface area contributed by atoms with Gasteiger partial charge in [-0.05, 0) is 31.6 Å². The van der Waals surface area contributed by atoms with Crippen molar-refractivity contribution < 1.29 is 14.3 Å². The molecule has 0 aromatic heterocycles. The minimum atomic E-state index is -0.838. The summed E-state index contributed by atoms with van der Waals surface area (Å²) in [6, 6.07) is 0. The van der Waals surface area contributed by atoms with E-state index in [9.17, 15) is 9.59 Å². The first-order valence-electron chi connectivity index (χ1n) is 6.48. The van der Waals surface area contributed by atoms with Gasteiger partial charge in [0.1, 0.15) is 5.41 Å². The SMILES string of the molecule is COC(=O)C1(C(=O)N2CCC(C)CC2)CCC1. The number of piperidine rings is 1. The Hall–Kier alpha value is -1.06. The number of hydrogen-bond donors (Lipinski definition) is 0. The van der Waals surface area contributed by atoms with Crippen molar-refractivity contribution in [3.05, 3.63) is 0 Å². The molecule has 1 aliphatic heterocycles. The van der Waals surface area contributed by atoms with E-state index in [1.165, 1.54) is 7.11 Å². The van der Waals surface area contributed by atoms with Crippen LogP contribution in [0.4, 0.5) is 0 Å². The van der Waals surface area contributed by atoms with Gasteiger partial charge < -0.3 is 9.64 Å². The first-order chi connectivity index (χ1) is 8.10. The zero-order valence-electron chi connectivity index (χ0n) is 10.7. The lowest BCUT2D eigenvalue weighted by Gasteiger charge is -2.42. The molecule has 2 aliphatic rings. The molecule has 4 heteroatoms. The number of carbonyl (C=O) groups excluding carboxylic acids is 2. The summed E-state index contributed by atoms with van der Waals surface area (Å²) < 4.78 is 4.80. The van der Waals surface area contributed by atoms with Crippen molar-refractivity contribution in [3.8, 4) is 0 Å². The molecule has 0 N–H and O–H groups in total. The monoisotopic (exact) mass is 239 g/mol. The Morgan fingerprint density at radius 2 is 1.82 bits per heavy atom. The molecule has 0 atom stereocenters. The predicted octanol–water partition coefficient (Wildman–Crippen LogP) is 1.59. The molecule has 96 valence electrons. The fourth-order valence-electron chi connectivity index (χ4n) is 2.75. The number of amides is 1. The highest BCUT2D eigenvalue weighted by atomic mass is 16.5. The van der Waals surface area contributed by atoms with Crippen LogP contribution >= 0.6 is 0 Å². The number of nitrogens with zero attached hydrogens (tertiary/aromatic N) is 1. The molecule has 0 aromatic rings. The summed E-state index contributed by atoms with van der Waals surface area (Å²) >= 11 is 0. The predicted molar refractivity (Wildman–Crippen MR) is 63.3 cm³/mol. The summed E-state index contributed by atoms with van der Waals surface area (Å²) in [7, 11) is 1.37. The van der Waals surface area contributed by atoms with Crippen LogP contribution in [-0.2, 0) is 14.3 Å². The van der Waals surface area contributed by atoms with E-state index in [1.54, 1.807) is 0 Å². The van der Waals surface area contributed by atoms with Crippen molar-refractivity contribution in [2.75, 3.05) is 20.2 Å². The van der Waals surface area contributed by atoms with Crippen molar-refractivity contribution in [1.82, 2.24) is 4.90 Å². The topological polar surface area (TPSA) is 46.6 Å². The Balaban J connectivity index is 2.05. The van der Waals surface area contributed by atoms with Crippen molar-refractivity contribution in [2.24, 2.45) is 11.3 Å². The fourth-order valence-corrected chi connectivity index (χ4v) is 2.75. The van der Waals surface area contributed by atoms with Gasteiger partial charge in [-0.15, -0.1) is 0 Å². The Morgan fingerprint density at radius 3 is 2.24 bits per heavy atom.